The van der Waals surface area contributed by atoms with Gasteiger partial charge < -0.3 is 5.32 Å². The molecule has 0 spiro atoms. The molecule has 0 bridgehead atoms. The first kappa shape index (κ1) is 23.2. The zero-order chi connectivity index (χ0) is 23.7. The molecule has 0 unspecified atom stereocenters. The number of sulfonamides is 1. The van der Waals surface area contributed by atoms with E-state index >= 15 is 0 Å². The Kier molecular flexibility index (Phi) is 6.22. The summed E-state index contributed by atoms with van der Waals surface area (Å²) in [5.41, 5.74) is -1.37. The summed E-state index contributed by atoms with van der Waals surface area (Å²) in [4.78, 5) is 12.2. The van der Waals surface area contributed by atoms with Gasteiger partial charge in [0.15, 0.2) is 0 Å². The Bertz CT molecular complexity index is 1290. The zero-order valence-corrected chi connectivity index (χ0v) is 17.1. The molecule has 5 nitrogen and oxygen atoms in total. The fourth-order valence-electron chi connectivity index (χ4n) is 2.76. The van der Waals surface area contributed by atoms with Crippen LogP contribution in [0.25, 0.3) is 0 Å². The van der Waals surface area contributed by atoms with Crippen LogP contribution < -0.4 is 10.0 Å². The van der Waals surface area contributed by atoms with Gasteiger partial charge in [-0.3, -0.25) is 9.52 Å². The van der Waals surface area contributed by atoms with Gasteiger partial charge >= 0.3 is 6.18 Å². The van der Waals surface area contributed by atoms with Crippen molar-refractivity contribution < 1.29 is 35.2 Å². The summed E-state index contributed by atoms with van der Waals surface area (Å²) in [6.45, 7) is 1.50. The van der Waals surface area contributed by atoms with Gasteiger partial charge in [0.25, 0.3) is 15.9 Å². The summed E-state index contributed by atoms with van der Waals surface area (Å²) in [5, 5.41) is 2.30. The summed E-state index contributed by atoms with van der Waals surface area (Å²) in [6.07, 6.45) is -4.61. The minimum absolute atomic E-state index is 0.120. The Hall–Kier alpha value is -3.47. The number of benzene rings is 3. The van der Waals surface area contributed by atoms with Crippen molar-refractivity contribution in [2.45, 2.75) is 18.0 Å². The highest BCUT2D eigenvalue weighted by Gasteiger charge is 2.30. The average molecular weight is 470 g/mol. The normalized spacial score (nSPS) is 11.8. The molecule has 0 fully saturated rings. The molecule has 0 atom stereocenters. The summed E-state index contributed by atoms with van der Waals surface area (Å²) in [5.74, 6) is -2.87. The van der Waals surface area contributed by atoms with Crippen LogP contribution in [0.2, 0.25) is 0 Å². The number of carbonyl (C=O) groups is 1. The third kappa shape index (κ3) is 5.22. The number of anilines is 2. The van der Waals surface area contributed by atoms with E-state index in [1.807, 2.05) is 4.72 Å². The second-order valence-corrected chi connectivity index (χ2v) is 8.42. The van der Waals surface area contributed by atoms with Gasteiger partial charge in [0.1, 0.15) is 11.6 Å². The molecule has 0 saturated carbocycles. The van der Waals surface area contributed by atoms with Gasteiger partial charge in [0, 0.05) is 17.3 Å². The summed E-state index contributed by atoms with van der Waals surface area (Å²) < 4.78 is 92.6. The standard InChI is InChI=1S/C21H15F5N2O3S/c1-12-5-7-16(32(30,31)28-19-8-6-14(22)10-18(19)23)11-17(12)20(29)27-15-4-2-3-13(9-15)21(24,25)26/h2-11,28H,1H3,(H,27,29). The number of halogens is 5. The molecule has 0 aliphatic rings. The molecule has 11 heteroatoms. The van der Waals surface area contributed by atoms with Gasteiger partial charge in [0.2, 0.25) is 0 Å². The maximum absolute atomic E-state index is 13.8. The van der Waals surface area contributed by atoms with Gasteiger partial charge in [-0.15, -0.1) is 0 Å². The van der Waals surface area contributed by atoms with Gasteiger partial charge in [-0.25, -0.2) is 17.2 Å². The first-order chi connectivity index (χ1) is 14.9. The third-order valence-electron chi connectivity index (χ3n) is 4.39. The highest BCUT2D eigenvalue weighted by atomic mass is 32.2. The number of alkyl halides is 3. The molecule has 0 aromatic heterocycles. The van der Waals surface area contributed by atoms with Crippen LogP contribution in [0.3, 0.4) is 0 Å². The van der Waals surface area contributed by atoms with Crippen LogP contribution >= 0.6 is 0 Å². The number of nitrogens with one attached hydrogen (secondary N) is 2. The van der Waals surface area contributed by atoms with Crippen LogP contribution in [0.1, 0.15) is 21.5 Å². The van der Waals surface area contributed by atoms with Crippen LogP contribution in [-0.2, 0) is 16.2 Å². The summed E-state index contributed by atoms with van der Waals surface area (Å²) in [6, 6.07) is 9.71. The minimum Gasteiger partial charge on any atom is -0.322 e. The molecular formula is C21H15F5N2O3S. The van der Waals surface area contributed by atoms with E-state index in [4.69, 9.17) is 0 Å². The molecule has 32 heavy (non-hydrogen) atoms. The van der Waals surface area contributed by atoms with Gasteiger partial charge in [0.05, 0.1) is 16.1 Å². The van der Waals surface area contributed by atoms with E-state index in [0.717, 1.165) is 36.4 Å². The van der Waals surface area contributed by atoms with E-state index in [9.17, 15) is 35.2 Å². The van der Waals surface area contributed by atoms with Crippen LogP contribution in [0, 0.1) is 18.6 Å². The molecule has 2 N–H and O–H groups in total. The highest BCUT2D eigenvalue weighted by molar-refractivity contribution is 7.92. The minimum atomic E-state index is -4.61. The molecule has 0 radical (unpaired) electrons. The number of hydrogen-bond donors (Lipinski definition) is 2. The second kappa shape index (κ2) is 8.58. The molecule has 3 aromatic rings. The van der Waals surface area contributed by atoms with E-state index < -0.39 is 49.9 Å². The smallest absolute Gasteiger partial charge is 0.322 e. The van der Waals surface area contributed by atoms with Crippen LogP contribution in [-0.4, -0.2) is 14.3 Å². The van der Waals surface area contributed by atoms with Crippen molar-refractivity contribution in [3.8, 4) is 0 Å². The predicted octanol–water partition coefficient (Wildman–Crippen LogP) is 5.35. The molecule has 3 rings (SSSR count). The average Bonchev–Trinajstić information content (AvgIpc) is 2.70. The lowest BCUT2D eigenvalue weighted by Crippen LogP contribution is -2.18. The molecule has 1 amide bonds. The Balaban J connectivity index is 1.89. The topological polar surface area (TPSA) is 75.3 Å². The predicted molar refractivity (Wildman–Crippen MR) is 108 cm³/mol. The first-order valence-electron chi connectivity index (χ1n) is 8.94. The number of aryl methyl sites for hydroxylation is 1. The molecular weight excluding hydrogens is 455 g/mol. The quantitative estimate of drug-likeness (QED) is 0.494. The van der Waals surface area contributed by atoms with Crippen molar-refractivity contribution in [1.82, 2.24) is 0 Å². The van der Waals surface area contributed by atoms with E-state index in [0.29, 0.717) is 11.6 Å². The number of amides is 1. The zero-order valence-electron chi connectivity index (χ0n) is 16.3. The fourth-order valence-corrected chi connectivity index (χ4v) is 3.85. The van der Waals surface area contributed by atoms with E-state index in [1.54, 1.807) is 0 Å². The van der Waals surface area contributed by atoms with Crippen molar-refractivity contribution in [3.63, 3.8) is 0 Å². The molecule has 0 aliphatic carbocycles. The lowest BCUT2D eigenvalue weighted by molar-refractivity contribution is -0.137. The number of hydrogen-bond acceptors (Lipinski definition) is 3. The fraction of sp³-hybridized carbons (Fsp3) is 0.0952. The van der Waals surface area contributed by atoms with E-state index in [2.05, 4.69) is 5.32 Å². The molecule has 3 aromatic carbocycles. The molecule has 0 aliphatic heterocycles. The second-order valence-electron chi connectivity index (χ2n) is 6.74. The molecule has 0 saturated heterocycles. The van der Waals surface area contributed by atoms with Crippen LogP contribution in [0.15, 0.2) is 65.6 Å². The maximum Gasteiger partial charge on any atom is 0.416 e. The third-order valence-corrected chi connectivity index (χ3v) is 5.75. The Morgan fingerprint density at radius 2 is 1.66 bits per heavy atom. The van der Waals surface area contributed by atoms with E-state index in [-0.39, 0.29) is 11.3 Å². The Morgan fingerprint density at radius 1 is 0.938 bits per heavy atom. The Labute approximate surface area is 179 Å². The first-order valence-corrected chi connectivity index (χ1v) is 10.4. The number of rotatable bonds is 5. The van der Waals surface area contributed by atoms with Gasteiger partial charge in [-0.1, -0.05) is 12.1 Å². The lowest BCUT2D eigenvalue weighted by Gasteiger charge is -2.13. The SMILES string of the molecule is Cc1ccc(S(=O)(=O)Nc2ccc(F)cc2F)cc1C(=O)Nc1cccc(C(F)(F)F)c1. The maximum atomic E-state index is 13.8. The van der Waals surface area contributed by atoms with Gasteiger partial charge in [-0.2, -0.15) is 13.2 Å². The van der Waals surface area contributed by atoms with E-state index in [1.165, 1.54) is 25.1 Å². The molecule has 168 valence electrons. The van der Waals surface area contributed by atoms with Gasteiger partial charge in [-0.05, 0) is 55.0 Å². The van der Waals surface area contributed by atoms with Crippen LogP contribution in [0.5, 0.6) is 0 Å². The monoisotopic (exact) mass is 470 g/mol. The van der Waals surface area contributed by atoms with Crippen molar-refractivity contribution in [3.05, 3.63) is 89.0 Å². The highest BCUT2D eigenvalue weighted by Crippen LogP contribution is 2.31. The summed E-state index contributed by atoms with van der Waals surface area (Å²) >= 11 is 0. The van der Waals surface area contributed by atoms with Crippen LogP contribution in [0.4, 0.5) is 33.3 Å². The van der Waals surface area contributed by atoms with Crippen molar-refractivity contribution >= 4 is 27.3 Å². The lowest BCUT2D eigenvalue weighted by atomic mass is 10.1. The van der Waals surface area contributed by atoms with Crippen molar-refractivity contribution in [2.75, 3.05) is 10.0 Å². The Morgan fingerprint density at radius 3 is 2.31 bits per heavy atom. The number of carbonyl (C=O) groups excluding carboxylic acids is 1. The van der Waals surface area contributed by atoms with Crippen molar-refractivity contribution in [1.29, 1.82) is 0 Å². The largest absolute Gasteiger partial charge is 0.416 e. The van der Waals surface area contributed by atoms with Crippen molar-refractivity contribution in [2.24, 2.45) is 0 Å². The molecule has 0 heterocycles. The summed E-state index contributed by atoms with van der Waals surface area (Å²) in [7, 11) is -4.36.